The van der Waals surface area contributed by atoms with Crippen LogP contribution in [0.15, 0.2) is 42.5 Å². The summed E-state index contributed by atoms with van der Waals surface area (Å²) >= 11 is 6.16. The van der Waals surface area contributed by atoms with Crippen LogP contribution < -0.4 is 10.3 Å². The summed E-state index contributed by atoms with van der Waals surface area (Å²) in [5, 5.41) is 1.40. The van der Waals surface area contributed by atoms with Gasteiger partial charge in [0.25, 0.3) is 0 Å². The minimum Gasteiger partial charge on any atom is -0.369 e. The molecule has 1 aromatic heterocycles. The van der Waals surface area contributed by atoms with Gasteiger partial charge in [0.1, 0.15) is 6.61 Å². The summed E-state index contributed by atoms with van der Waals surface area (Å²) in [7, 11) is -2.32. The van der Waals surface area contributed by atoms with Gasteiger partial charge in [0.2, 0.25) is 5.91 Å². The molecule has 3 rings (SSSR count). The third-order valence-electron chi connectivity index (χ3n) is 4.76. The van der Waals surface area contributed by atoms with Gasteiger partial charge >= 0.3 is 8.25 Å². The van der Waals surface area contributed by atoms with Crippen molar-refractivity contribution >= 4 is 36.7 Å². The summed E-state index contributed by atoms with van der Waals surface area (Å²) in [5.41, 5.74) is 9.22. The molecule has 30 heavy (non-hydrogen) atoms. The zero-order valence-electron chi connectivity index (χ0n) is 17.1. The van der Waals surface area contributed by atoms with Gasteiger partial charge in [0.05, 0.1) is 17.3 Å². The van der Waals surface area contributed by atoms with Crippen LogP contribution >= 0.6 is 19.9 Å². The number of hydrogen-bond acceptors (Lipinski definition) is 4. The second-order valence-electron chi connectivity index (χ2n) is 6.94. The highest BCUT2D eigenvalue weighted by molar-refractivity contribution is 7.33. The molecule has 6 nitrogen and oxygen atoms in total. The Morgan fingerprint density at radius 2 is 1.97 bits per heavy atom. The summed E-state index contributed by atoms with van der Waals surface area (Å²) < 4.78 is 25.2. The molecule has 0 bridgehead atoms. The minimum absolute atomic E-state index is 0.0647. The van der Waals surface area contributed by atoms with Crippen LogP contribution in [0.5, 0.6) is 5.75 Å². The number of fused-ring (bicyclic) bond motifs is 1. The lowest BCUT2D eigenvalue weighted by atomic mass is 10.1. The summed E-state index contributed by atoms with van der Waals surface area (Å²) in [6.45, 7) is 4.87. The van der Waals surface area contributed by atoms with Crippen LogP contribution in [-0.2, 0) is 33.3 Å². The highest BCUT2D eigenvalue weighted by atomic mass is 35.5. The molecule has 0 radical (unpaired) electrons. The number of benzene rings is 2. The fourth-order valence-electron chi connectivity index (χ4n) is 3.62. The lowest BCUT2D eigenvalue weighted by Crippen LogP contribution is -2.15. The molecule has 158 valence electrons. The lowest BCUT2D eigenvalue weighted by molar-refractivity contribution is -0.117. The van der Waals surface area contributed by atoms with Gasteiger partial charge in [0, 0.05) is 21.8 Å². The smallest absolute Gasteiger partial charge is 0.369 e. The molecule has 8 heteroatoms. The normalized spacial score (nSPS) is 11.6. The first-order valence-electron chi connectivity index (χ1n) is 9.88. The number of rotatable bonds is 10. The van der Waals surface area contributed by atoms with Gasteiger partial charge in [-0.2, -0.15) is 0 Å². The second-order valence-corrected chi connectivity index (χ2v) is 8.26. The summed E-state index contributed by atoms with van der Waals surface area (Å²) in [6.07, 6.45) is 1.49. The molecule has 0 saturated carbocycles. The molecule has 2 N–H and O–H groups in total. The second kappa shape index (κ2) is 10.1. The number of amides is 1. The monoisotopic (exact) mass is 447 g/mol. The first-order chi connectivity index (χ1) is 14.4. The molecule has 1 atom stereocenters. The molecule has 1 unspecified atom stereocenters. The van der Waals surface area contributed by atoms with Crippen molar-refractivity contribution < 1.29 is 18.4 Å². The fraction of sp³-hybridized carbons (Fsp3) is 0.318. The van der Waals surface area contributed by atoms with Crippen LogP contribution in [0.25, 0.3) is 10.9 Å². The largest absolute Gasteiger partial charge is 0.750 e. The number of nitrogens with zero attached hydrogens (tertiary/aromatic N) is 1. The summed E-state index contributed by atoms with van der Waals surface area (Å²) in [5.74, 6) is -0.0200. The first kappa shape index (κ1) is 22.3. The van der Waals surface area contributed by atoms with Crippen LogP contribution in [0, 0.1) is 0 Å². The molecule has 0 fully saturated rings. The molecular formula is C22H25ClN2O4P+. The molecule has 0 aliphatic carbocycles. The molecule has 3 aromatic rings. The van der Waals surface area contributed by atoms with E-state index in [1.54, 1.807) is 6.07 Å². The average molecular weight is 448 g/mol. The van der Waals surface area contributed by atoms with E-state index in [0.29, 0.717) is 30.3 Å². The van der Waals surface area contributed by atoms with E-state index in [2.05, 4.69) is 4.57 Å². The zero-order valence-corrected chi connectivity index (χ0v) is 18.7. The topological polar surface area (TPSA) is 83.6 Å². The van der Waals surface area contributed by atoms with Gasteiger partial charge in [-0.15, -0.1) is 4.52 Å². The fourth-order valence-corrected chi connectivity index (χ4v) is 4.53. The summed E-state index contributed by atoms with van der Waals surface area (Å²) in [4.78, 5) is 11.8. The van der Waals surface area contributed by atoms with E-state index in [0.717, 1.165) is 34.1 Å². The van der Waals surface area contributed by atoms with Crippen LogP contribution in [-0.4, -0.2) is 17.1 Å². The Balaban J connectivity index is 2.15. The van der Waals surface area contributed by atoms with Gasteiger partial charge < -0.3 is 10.3 Å². The van der Waals surface area contributed by atoms with Gasteiger partial charge in [0.15, 0.2) is 5.75 Å². The minimum atomic E-state index is -2.32. The molecule has 1 heterocycles. The van der Waals surface area contributed by atoms with Crippen molar-refractivity contribution in [3.63, 3.8) is 0 Å². The van der Waals surface area contributed by atoms with Crippen molar-refractivity contribution in [3.05, 3.63) is 64.3 Å². The van der Waals surface area contributed by atoms with E-state index >= 15 is 0 Å². The van der Waals surface area contributed by atoms with Gasteiger partial charge in [-0.25, -0.2) is 4.52 Å². The van der Waals surface area contributed by atoms with Crippen molar-refractivity contribution in [2.75, 3.05) is 6.61 Å². The molecule has 2 aromatic carbocycles. The van der Waals surface area contributed by atoms with Crippen LogP contribution in [0.1, 0.15) is 37.1 Å². The van der Waals surface area contributed by atoms with Crippen LogP contribution in [0.3, 0.4) is 0 Å². The van der Waals surface area contributed by atoms with Crippen molar-refractivity contribution in [3.8, 4) is 5.75 Å². The maximum atomic E-state index is 12.2. The third-order valence-corrected chi connectivity index (χ3v) is 5.73. The number of carbonyl (C=O) groups excluding carboxylic acids is 1. The van der Waals surface area contributed by atoms with Crippen molar-refractivity contribution in [2.24, 2.45) is 5.73 Å². The van der Waals surface area contributed by atoms with Gasteiger partial charge in [-0.3, -0.25) is 4.79 Å². The van der Waals surface area contributed by atoms with E-state index in [-0.39, 0.29) is 6.42 Å². The Hall–Kier alpha value is -2.40. The standard InChI is InChI=1S/C22H24ClN2O4P/c1-3-11-28-30(27)29-20-10-6-9-19-22(20)17(13-21(24)26)18(4-2)25(19)14-15-7-5-8-16(23)12-15/h5-10,12H,3-4,11,13-14H2,1-2H3,(H-,24,26)/p+1. The number of hydrogen-bond donors (Lipinski definition) is 1. The number of nitrogens with two attached hydrogens (primary N) is 1. The number of aromatic nitrogens is 1. The van der Waals surface area contributed by atoms with Crippen molar-refractivity contribution in [1.82, 2.24) is 4.57 Å². The van der Waals surface area contributed by atoms with Gasteiger partial charge in [-0.05, 0) is 48.2 Å². The molecule has 1 amide bonds. The van der Waals surface area contributed by atoms with Crippen molar-refractivity contribution in [2.45, 2.75) is 39.7 Å². The predicted molar refractivity (Wildman–Crippen MR) is 119 cm³/mol. The Morgan fingerprint density at radius 1 is 1.20 bits per heavy atom. The van der Waals surface area contributed by atoms with Gasteiger partial charge in [-0.1, -0.05) is 43.6 Å². The maximum absolute atomic E-state index is 12.2. The van der Waals surface area contributed by atoms with E-state index in [1.165, 1.54) is 0 Å². The predicted octanol–water partition coefficient (Wildman–Crippen LogP) is 5.40. The Bertz CT molecular complexity index is 1080. The SMILES string of the molecule is CCCO[P+](=O)Oc1cccc2c1c(CC(N)=O)c(CC)n2Cc1cccc(Cl)c1. The van der Waals surface area contributed by atoms with E-state index in [1.807, 2.05) is 50.2 Å². The Morgan fingerprint density at radius 3 is 2.63 bits per heavy atom. The van der Waals surface area contributed by atoms with E-state index in [4.69, 9.17) is 26.4 Å². The van der Waals surface area contributed by atoms with E-state index in [9.17, 15) is 9.36 Å². The molecule has 0 saturated heterocycles. The molecule has 0 aliphatic rings. The molecule has 0 aliphatic heterocycles. The van der Waals surface area contributed by atoms with Crippen LogP contribution in [0.4, 0.5) is 0 Å². The number of halogens is 1. The Labute approximate surface area is 181 Å². The third kappa shape index (κ3) is 5.01. The highest BCUT2D eigenvalue weighted by Crippen LogP contribution is 2.39. The van der Waals surface area contributed by atoms with Crippen LogP contribution in [0.2, 0.25) is 5.02 Å². The number of carbonyl (C=O) groups is 1. The molecule has 0 spiro atoms. The first-order valence-corrected chi connectivity index (χ1v) is 11.4. The average Bonchev–Trinajstić information content (AvgIpc) is 2.99. The maximum Gasteiger partial charge on any atom is 0.750 e. The Kier molecular flexibility index (Phi) is 7.48. The molecular weight excluding hydrogens is 423 g/mol. The number of primary amides is 1. The lowest BCUT2D eigenvalue weighted by Gasteiger charge is -2.11. The zero-order chi connectivity index (χ0) is 21.7. The quantitative estimate of drug-likeness (QED) is 0.422. The van der Waals surface area contributed by atoms with Crippen molar-refractivity contribution in [1.29, 1.82) is 0 Å². The van der Waals surface area contributed by atoms with E-state index < -0.39 is 14.2 Å². The summed E-state index contributed by atoms with van der Waals surface area (Å²) in [6, 6.07) is 13.2. The highest BCUT2D eigenvalue weighted by Gasteiger charge is 2.27.